The van der Waals surface area contributed by atoms with E-state index in [9.17, 15) is 0 Å². The van der Waals surface area contributed by atoms with Gasteiger partial charge in [0.2, 0.25) is 0 Å². The van der Waals surface area contributed by atoms with Gasteiger partial charge in [0.15, 0.2) is 0 Å². The van der Waals surface area contributed by atoms with E-state index in [0.29, 0.717) is 30.1 Å². The Morgan fingerprint density at radius 3 is 2.97 bits per heavy atom. The lowest BCUT2D eigenvalue weighted by atomic mass is 10.00. The third-order valence-electron chi connectivity index (χ3n) is 6.24. The molecule has 0 spiro atoms. The Balaban J connectivity index is 1.34. The normalized spacial score (nSPS) is 18.2. The third-order valence-corrected chi connectivity index (χ3v) is 6.24. The number of imidazole rings is 1. The first-order chi connectivity index (χ1) is 15.8. The smallest absolute Gasteiger partial charge is 0.319 e. The van der Waals surface area contributed by atoms with Gasteiger partial charge < -0.3 is 14.3 Å². The van der Waals surface area contributed by atoms with Crippen molar-refractivity contribution in [2.45, 2.75) is 31.2 Å². The Hall–Kier alpha value is -4.08. The zero-order chi connectivity index (χ0) is 21.1. The highest BCUT2D eigenvalue weighted by molar-refractivity contribution is 5.60. The molecule has 1 atom stereocenters. The van der Waals surface area contributed by atoms with E-state index in [4.69, 9.17) is 9.52 Å². The molecule has 32 heavy (non-hydrogen) atoms. The second kappa shape index (κ2) is 6.71. The molecule has 5 aromatic heterocycles. The molecule has 1 unspecified atom stereocenters. The summed E-state index contributed by atoms with van der Waals surface area (Å²) in [5, 5.41) is 13.5. The summed E-state index contributed by atoms with van der Waals surface area (Å²) in [5.74, 6) is 0.998. The molecule has 2 aliphatic rings. The molecule has 10 heteroatoms. The van der Waals surface area contributed by atoms with Crippen LogP contribution in [0, 0.1) is 0 Å². The fourth-order valence-corrected chi connectivity index (χ4v) is 4.56. The molecule has 158 valence electrons. The summed E-state index contributed by atoms with van der Waals surface area (Å²) in [6.07, 6.45) is 10.2. The van der Waals surface area contributed by atoms with E-state index in [2.05, 4.69) is 53.2 Å². The fraction of sp³-hybridized carbons (Fsp3) is 0.273. The molecule has 0 bridgehead atoms. The summed E-state index contributed by atoms with van der Waals surface area (Å²) in [5.41, 5.74) is 6.07. The minimum Gasteiger partial charge on any atom is -0.402 e. The monoisotopic (exact) mass is 425 g/mol. The number of rotatable bonds is 4. The maximum atomic E-state index is 6.04. The second-order valence-corrected chi connectivity index (χ2v) is 8.23. The number of H-pyrrole nitrogens is 1. The zero-order valence-electron chi connectivity index (χ0n) is 17.1. The topological polar surface area (TPSA) is 114 Å². The molecular weight excluding hydrogens is 406 g/mol. The SMILES string of the molecule is c1cc(C2CC2)c2cc(C3c4nc[nH]c4CCN3c3nnc(-c4ccncn4)o3)nn2c1. The van der Waals surface area contributed by atoms with Gasteiger partial charge >= 0.3 is 6.01 Å². The van der Waals surface area contributed by atoms with Crippen LogP contribution in [0.4, 0.5) is 6.01 Å². The summed E-state index contributed by atoms with van der Waals surface area (Å²) in [6.45, 7) is 0.703. The standard InChI is InChI=1S/C22H19N9O/c1-2-14(13-3-4-13)18-10-17(29-31(18)8-1)20-19-15(25-12-26-19)6-9-30(20)22-28-27-21(32-22)16-5-7-23-11-24-16/h1-2,5,7-8,10-13,20H,3-4,6,9H2,(H,25,26). The van der Waals surface area contributed by atoms with Crippen LogP contribution in [0.5, 0.6) is 0 Å². The van der Waals surface area contributed by atoms with Crippen molar-refractivity contribution in [3.05, 3.63) is 72.0 Å². The maximum absolute atomic E-state index is 6.04. The van der Waals surface area contributed by atoms with Gasteiger partial charge in [0.1, 0.15) is 18.1 Å². The van der Waals surface area contributed by atoms with Crippen molar-refractivity contribution in [2.24, 2.45) is 0 Å². The Bertz CT molecular complexity index is 1420. The van der Waals surface area contributed by atoms with Crippen molar-refractivity contribution in [1.29, 1.82) is 0 Å². The number of anilines is 1. The van der Waals surface area contributed by atoms with Gasteiger partial charge in [-0.25, -0.2) is 19.5 Å². The first kappa shape index (κ1) is 17.6. The Morgan fingerprint density at radius 2 is 2.09 bits per heavy atom. The molecule has 0 saturated heterocycles. The van der Waals surface area contributed by atoms with Gasteiger partial charge in [-0.1, -0.05) is 11.2 Å². The Kier molecular flexibility index (Phi) is 3.69. The number of nitrogens with zero attached hydrogens (tertiary/aromatic N) is 8. The van der Waals surface area contributed by atoms with Gasteiger partial charge in [-0.15, -0.1) is 5.10 Å². The van der Waals surface area contributed by atoms with Crippen molar-refractivity contribution in [1.82, 2.24) is 39.7 Å². The summed E-state index contributed by atoms with van der Waals surface area (Å²) >= 11 is 0. The highest BCUT2D eigenvalue weighted by atomic mass is 16.4. The van der Waals surface area contributed by atoms with Gasteiger partial charge in [0.05, 0.1) is 23.2 Å². The van der Waals surface area contributed by atoms with E-state index >= 15 is 0 Å². The van der Waals surface area contributed by atoms with Crippen LogP contribution >= 0.6 is 0 Å². The number of fused-ring (bicyclic) bond motifs is 2. The molecule has 1 aliphatic carbocycles. The number of nitrogens with one attached hydrogen (secondary N) is 1. The molecule has 0 radical (unpaired) electrons. The van der Waals surface area contributed by atoms with Crippen molar-refractivity contribution in [3.8, 4) is 11.6 Å². The van der Waals surface area contributed by atoms with E-state index < -0.39 is 0 Å². The molecule has 10 nitrogen and oxygen atoms in total. The predicted molar refractivity (Wildman–Crippen MR) is 114 cm³/mol. The van der Waals surface area contributed by atoms with Crippen molar-refractivity contribution >= 4 is 11.5 Å². The van der Waals surface area contributed by atoms with Gasteiger partial charge in [-0.2, -0.15) is 5.10 Å². The third kappa shape index (κ3) is 2.72. The van der Waals surface area contributed by atoms with E-state index in [1.165, 1.54) is 24.7 Å². The van der Waals surface area contributed by atoms with Crippen molar-refractivity contribution in [2.75, 3.05) is 11.4 Å². The minimum atomic E-state index is -0.226. The minimum absolute atomic E-state index is 0.226. The molecular formula is C22H19N9O. The number of aromatic amines is 1. The molecule has 0 amide bonds. The largest absolute Gasteiger partial charge is 0.402 e. The molecule has 7 rings (SSSR count). The summed E-state index contributed by atoms with van der Waals surface area (Å²) in [6, 6.07) is 8.41. The van der Waals surface area contributed by atoms with Crippen LogP contribution in [0.1, 0.15) is 47.4 Å². The molecule has 1 fully saturated rings. The second-order valence-electron chi connectivity index (χ2n) is 8.23. The van der Waals surface area contributed by atoms with Gasteiger partial charge in [0, 0.05) is 31.1 Å². The van der Waals surface area contributed by atoms with E-state index in [-0.39, 0.29) is 6.04 Å². The van der Waals surface area contributed by atoms with Crippen LogP contribution in [-0.4, -0.2) is 46.3 Å². The molecule has 1 saturated carbocycles. The van der Waals surface area contributed by atoms with Crippen LogP contribution < -0.4 is 4.90 Å². The van der Waals surface area contributed by atoms with Gasteiger partial charge in [-0.3, -0.25) is 0 Å². The Morgan fingerprint density at radius 1 is 1.12 bits per heavy atom. The van der Waals surface area contributed by atoms with Crippen molar-refractivity contribution in [3.63, 3.8) is 0 Å². The lowest BCUT2D eigenvalue weighted by Gasteiger charge is -2.32. The molecule has 0 aromatic carbocycles. The van der Waals surface area contributed by atoms with E-state index in [0.717, 1.165) is 29.0 Å². The first-order valence-electron chi connectivity index (χ1n) is 10.7. The average molecular weight is 425 g/mol. The number of pyridine rings is 1. The van der Waals surface area contributed by atoms with Crippen molar-refractivity contribution < 1.29 is 4.42 Å². The molecule has 1 N–H and O–H groups in total. The molecule has 5 aromatic rings. The Labute approximate surface area is 182 Å². The fourth-order valence-electron chi connectivity index (χ4n) is 4.56. The number of aromatic nitrogens is 8. The molecule has 6 heterocycles. The van der Waals surface area contributed by atoms with Gasteiger partial charge in [0.25, 0.3) is 5.89 Å². The molecule has 1 aliphatic heterocycles. The number of hydrogen-bond acceptors (Lipinski definition) is 8. The van der Waals surface area contributed by atoms with Crippen LogP contribution in [0.25, 0.3) is 17.1 Å². The van der Waals surface area contributed by atoms with Gasteiger partial charge in [-0.05, 0) is 42.5 Å². The zero-order valence-corrected chi connectivity index (χ0v) is 17.1. The van der Waals surface area contributed by atoms with Crippen LogP contribution in [-0.2, 0) is 6.42 Å². The lowest BCUT2D eigenvalue weighted by molar-refractivity contribution is 0.502. The average Bonchev–Trinajstić information content (AvgIpc) is 3.22. The predicted octanol–water partition coefficient (Wildman–Crippen LogP) is 2.93. The summed E-state index contributed by atoms with van der Waals surface area (Å²) in [7, 11) is 0. The maximum Gasteiger partial charge on any atom is 0.319 e. The number of hydrogen-bond donors (Lipinski definition) is 1. The van der Waals surface area contributed by atoms with Crippen LogP contribution in [0.3, 0.4) is 0 Å². The summed E-state index contributed by atoms with van der Waals surface area (Å²) < 4.78 is 8.01. The van der Waals surface area contributed by atoms with Crippen LogP contribution in [0.2, 0.25) is 0 Å². The highest BCUT2D eigenvalue weighted by Crippen LogP contribution is 2.43. The first-order valence-corrected chi connectivity index (χ1v) is 10.7. The van der Waals surface area contributed by atoms with Crippen LogP contribution in [0.15, 0.2) is 53.7 Å². The summed E-state index contributed by atoms with van der Waals surface area (Å²) in [4.78, 5) is 18.2. The lowest BCUT2D eigenvalue weighted by Crippen LogP contribution is -2.36. The van der Waals surface area contributed by atoms with E-state index in [1.54, 1.807) is 18.6 Å². The quantitative estimate of drug-likeness (QED) is 0.467. The highest BCUT2D eigenvalue weighted by Gasteiger charge is 2.36. The van der Waals surface area contributed by atoms with E-state index in [1.807, 2.05) is 10.7 Å².